The first-order valence-electron chi connectivity index (χ1n) is 7.09. The summed E-state index contributed by atoms with van der Waals surface area (Å²) in [5.41, 5.74) is 0.0642. The fourth-order valence-electron chi connectivity index (χ4n) is 2.27. The Balaban J connectivity index is 3.94. The fraction of sp³-hybridized carbons (Fsp3) is 0.812. The van der Waals surface area contributed by atoms with Gasteiger partial charge in [0.25, 0.3) is 0 Å². The van der Waals surface area contributed by atoms with E-state index in [9.17, 15) is 4.79 Å². The molecule has 0 radical (unpaired) electrons. The normalized spacial score (nSPS) is 13.4. The summed E-state index contributed by atoms with van der Waals surface area (Å²) in [6.45, 7) is 12.3. The van der Waals surface area contributed by atoms with E-state index in [4.69, 9.17) is 0 Å². The van der Waals surface area contributed by atoms with Crippen LogP contribution in [0.2, 0.25) is 0 Å². The van der Waals surface area contributed by atoms with Crippen LogP contribution in [0, 0.1) is 11.3 Å². The molecule has 0 spiro atoms. The van der Waals surface area contributed by atoms with Crippen molar-refractivity contribution in [2.75, 3.05) is 0 Å². The van der Waals surface area contributed by atoms with Gasteiger partial charge in [-0.15, -0.1) is 0 Å². The number of carbonyl (C=O) groups excluding carboxylic acids is 1. The third kappa shape index (κ3) is 7.36. The molecule has 1 atom stereocenters. The SMILES string of the molecule is C=CC(=O)C(CCCCCCCC)C(C)(C)C. The molecule has 0 N–H and O–H groups in total. The number of carbonyl (C=O) groups is 1. The highest BCUT2D eigenvalue weighted by molar-refractivity contribution is 5.91. The van der Waals surface area contributed by atoms with E-state index in [-0.39, 0.29) is 17.1 Å². The van der Waals surface area contributed by atoms with Crippen LogP contribution in [0.1, 0.15) is 72.6 Å². The van der Waals surface area contributed by atoms with Gasteiger partial charge in [0.2, 0.25) is 0 Å². The largest absolute Gasteiger partial charge is 0.295 e. The third-order valence-corrected chi connectivity index (χ3v) is 3.44. The van der Waals surface area contributed by atoms with Crippen molar-refractivity contribution in [3.8, 4) is 0 Å². The lowest BCUT2D eigenvalue weighted by Crippen LogP contribution is -2.27. The van der Waals surface area contributed by atoms with Crippen LogP contribution in [-0.4, -0.2) is 5.78 Å². The standard InChI is InChI=1S/C16H30O/c1-6-8-9-10-11-12-13-14(15(17)7-2)16(3,4)5/h7,14H,2,6,8-13H2,1,3-5H3. The molecule has 0 amide bonds. The molecule has 0 aromatic carbocycles. The highest BCUT2D eigenvalue weighted by atomic mass is 16.1. The van der Waals surface area contributed by atoms with Gasteiger partial charge in [-0.2, -0.15) is 0 Å². The molecule has 0 aromatic heterocycles. The van der Waals surface area contributed by atoms with Crippen LogP contribution in [0.3, 0.4) is 0 Å². The fourth-order valence-corrected chi connectivity index (χ4v) is 2.27. The molecule has 0 aliphatic carbocycles. The molecule has 0 saturated heterocycles. The van der Waals surface area contributed by atoms with Gasteiger partial charge in [0, 0.05) is 5.92 Å². The Morgan fingerprint density at radius 3 is 2.12 bits per heavy atom. The van der Waals surface area contributed by atoms with E-state index in [2.05, 4.69) is 34.3 Å². The summed E-state index contributed by atoms with van der Waals surface area (Å²) in [5, 5.41) is 0. The molecular formula is C16H30O. The van der Waals surface area contributed by atoms with Crippen LogP contribution in [0.4, 0.5) is 0 Å². The van der Waals surface area contributed by atoms with Crippen LogP contribution in [0.25, 0.3) is 0 Å². The second-order valence-electron chi connectivity index (χ2n) is 6.08. The van der Waals surface area contributed by atoms with E-state index in [0.717, 1.165) is 6.42 Å². The molecule has 0 aliphatic heterocycles. The maximum Gasteiger partial charge on any atom is 0.158 e. The lowest BCUT2D eigenvalue weighted by Gasteiger charge is -2.28. The summed E-state index contributed by atoms with van der Waals surface area (Å²) in [7, 11) is 0. The van der Waals surface area contributed by atoms with Crippen molar-refractivity contribution < 1.29 is 4.79 Å². The Morgan fingerprint density at radius 2 is 1.65 bits per heavy atom. The first-order valence-corrected chi connectivity index (χ1v) is 7.09. The van der Waals surface area contributed by atoms with Gasteiger partial charge in [-0.05, 0) is 17.9 Å². The molecule has 0 rings (SSSR count). The number of allylic oxidation sites excluding steroid dienone is 1. The number of ketones is 1. The predicted octanol–water partition coefficient (Wildman–Crippen LogP) is 5.15. The first-order chi connectivity index (χ1) is 7.93. The molecule has 0 aliphatic rings. The zero-order valence-corrected chi connectivity index (χ0v) is 12.2. The van der Waals surface area contributed by atoms with Crippen molar-refractivity contribution in [1.29, 1.82) is 0 Å². The lowest BCUT2D eigenvalue weighted by molar-refractivity contribution is -0.121. The molecule has 0 aromatic rings. The maximum absolute atomic E-state index is 11.8. The molecule has 0 saturated carbocycles. The Hall–Kier alpha value is -0.590. The third-order valence-electron chi connectivity index (χ3n) is 3.44. The number of hydrogen-bond acceptors (Lipinski definition) is 1. The number of hydrogen-bond donors (Lipinski definition) is 0. The monoisotopic (exact) mass is 238 g/mol. The van der Waals surface area contributed by atoms with E-state index in [0.29, 0.717) is 0 Å². The molecular weight excluding hydrogens is 208 g/mol. The molecule has 1 heteroatoms. The summed E-state index contributed by atoms with van der Waals surface area (Å²) < 4.78 is 0. The summed E-state index contributed by atoms with van der Waals surface area (Å²) in [6, 6.07) is 0. The van der Waals surface area contributed by atoms with E-state index in [1.807, 2.05) is 0 Å². The molecule has 1 nitrogen and oxygen atoms in total. The van der Waals surface area contributed by atoms with Crippen molar-refractivity contribution in [3.63, 3.8) is 0 Å². The van der Waals surface area contributed by atoms with Crippen LogP contribution in [-0.2, 0) is 4.79 Å². The van der Waals surface area contributed by atoms with Crippen molar-refractivity contribution in [2.45, 2.75) is 72.6 Å². The van der Waals surface area contributed by atoms with Gasteiger partial charge in [-0.3, -0.25) is 4.79 Å². The van der Waals surface area contributed by atoms with Crippen LogP contribution in [0.5, 0.6) is 0 Å². The van der Waals surface area contributed by atoms with Crippen LogP contribution >= 0.6 is 0 Å². The predicted molar refractivity (Wildman–Crippen MR) is 76.1 cm³/mol. The Morgan fingerprint density at radius 1 is 1.12 bits per heavy atom. The summed E-state index contributed by atoms with van der Waals surface area (Å²) in [4.78, 5) is 11.8. The average Bonchev–Trinajstić information content (AvgIpc) is 2.25. The molecule has 0 bridgehead atoms. The van der Waals surface area contributed by atoms with Crippen molar-refractivity contribution in [2.24, 2.45) is 11.3 Å². The number of unbranched alkanes of at least 4 members (excludes halogenated alkanes) is 5. The zero-order valence-electron chi connectivity index (χ0n) is 12.2. The lowest BCUT2D eigenvalue weighted by atomic mass is 9.75. The topological polar surface area (TPSA) is 17.1 Å². The summed E-state index contributed by atoms with van der Waals surface area (Å²) >= 11 is 0. The quantitative estimate of drug-likeness (QED) is 0.401. The van der Waals surface area contributed by atoms with E-state index >= 15 is 0 Å². The van der Waals surface area contributed by atoms with Gasteiger partial charge in [-0.1, -0.05) is 72.8 Å². The van der Waals surface area contributed by atoms with E-state index in [1.54, 1.807) is 0 Å². The average molecular weight is 238 g/mol. The van der Waals surface area contributed by atoms with Gasteiger partial charge in [0.1, 0.15) is 0 Å². The number of rotatable bonds is 9. The molecule has 1 unspecified atom stereocenters. The maximum atomic E-state index is 11.8. The second-order valence-corrected chi connectivity index (χ2v) is 6.08. The summed E-state index contributed by atoms with van der Waals surface area (Å²) in [5.74, 6) is 0.359. The van der Waals surface area contributed by atoms with Crippen molar-refractivity contribution >= 4 is 5.78 Å². The molecule has 17 heavy (non-hydrogen) atoms. The molecule has 0 heterocycles. The minimum absolute atomic E-state index is 0.0642. The summed E-state index contributed by atoms with van der Waals surface area (Å²) in [6.07, 6.45) is 10.2. The molecule has 0 fully saturated rings. The Kier molecular flexibility index (Phi) is 8.20. The smallest absolute Gasteiger partial charge is 0.158 e. The van der Waals surface area contributed by atoms with Crippen molar-refractivity contribution in [3.05, 3.63) is 12.7 Å². The van der Waals surface area contributed by atoms with E-state index < -0.39 is 0 Å². The highest BCUT2D eigenvalue weighted by Gasteiger charge is 2.28. The Bertz CT molecular complexity index is 222. The van der Waals surface area contributed by atoms with Gasteiger partial charge < -0.3 is 0 Å². The minimum atomic E-state index is 0.0642. The highest BCUT2D eigenvalue weighted by Crippen LogP contribution is 2.31. The van der Waals surface area contributed by atoms with Crippen LogP contribution < -0.4 is 0 Å². The van der Waals surface area contributed by atoms with Gasteiger partial charge in [-0.25, -0.2) is 0 Å². The van der Waals surface area contributed by atoms with Gasteiger partial charge >= 0.3 is 0 Å². The second kappa shape index (κ2) is 8.49. The van der Waals surface area contributed by atoms with Gasteiger partial charge in [0.05, 0.1) is 0 Å². The molecule has 100 valence electrons. The minimum Gasteiger partial charge on any atom is -0.295 e. The first kappa shape index (κ1) is 16.4. The Labute approximate surface area is 108 Å². The van der Waals surface area contributed by atoms with E-state index in [1.165, 1.54) is 44.6 Å². The zero-order chi connectivity index (χ0) is 13.3. The van der Waals surface area contributed by atoms with Gasteiger partial charge in [0.15, 0.2) is 5.78 Å². The van der Waals surface area contributed by atoms with Crippen molar-refractivity contribution in [1.82, 2.24) is 0 Å². The van der Waals surface area contributed by atoms with Crippen LogP contribution in [0.15, 0.2) is 12.7 Å².